The molecule has 4 aromatic heterocycles. The van der Waals surface area contributed by atoms with Gasteiger partial charge in [-0.3, -0.25) is 21.3 Å². The van der Waals surface area contributed by atoms with E-state index in [4.69, 9.17) is 4.98 Å². The van der Waals surface area contributed by atoms with Crippen molar-refractivity contribution in [2.75, 3.05) is 0 Å². The van der Waals surface area contributed by atoms with E-state index in [-0.39, 0.29) is 20.1 Å². The fourth-order valence-electron chi connectivity index (χ4n) is 8.53. The van der Waals surface area contributed by atoms with Crippen molar-refractivity contribution >= 4 is 45.7 Å². The second-order valence-corrected chi connectivity index (χ2v) is 24.6. The second-order valence-electron chi connectivity index (χ2n) is 18.7. The van der Waals surface area contributed by atoms with Gasteiger partial charge in [0.25, 0.3) is 0 Å². The van der Waals surface area contributed by atoms with Gasteiger partial charge in [-0.05, 0) is 93.7 Å². The largest absolute Gasteiger partial charge is 0.333 e. The van der Waals surface area contributed by atoms with E-state index in [1.165, 1.54) is 54.3 Å². The molecule has 0 N–H and O–H groups in total. The number of hydrogen-bond donors (Lipinski definition) is 0. The molecule has 0 amide bonds. The van der Waals surface area contributed by atoms with E-state index in [1.54, 1.807) is 11.3 Å². The number of hydrogen-bond acceptors (Lipinski definition) is 4. The van der Waals surface area contributed by atoms with Crippen LogP contribution in [-0.2, 0) is 32.9 Å². The van der Waals surface area contributed by atoms with Gasteiger partial charge < -0.3 is 9.55 Å². The van der Waals surface area contributed by atoms with E-state index >= 15 is 0 Å². The quantitative estimate of drug-likeness (QED) is 0.0958. The minimum atomic E-state index is -1.34. The fraction of sp³-hybridized carbons (Fsp3) is 0.246. The van der Waals surface area contributed by atoms with Crippen LogP contribution < -0.4 is 5.19 Å². The molecule has 4 nitrogen and oxygen atoms in total. The number of fused-ring (bicyclic) bond motifs is 2. The molecule has 64 heavy (non-hydrogen) atoms. The first kappa shape index (κ1) is 46.7. The minimum Gasteiger partial charge on any atom is -0.333 e. The third-order valence-electron chi connectivity index (χ3n) is 11.6. The first-order valence-corrected chi connectivity index (χ1v) is 26.7. The van der Waals surface area contributed by atoms with E-state index in [0.717, 1.165) is 52.2 Å². The molecule has 9 rings (SSSR count). The Kier molecular flexibility index (Phi) is 14.8. The predicted molar refractivity (Wildman–Crippen MR) is 271 cm³/mol. The summed E-state index contributed by atoms with van der Waals surface area (Å²) in [6, 6.07) is 50.5. The smallest absolute Gasteiger partial charge is 0.0798 e. The standard InChI is InChI=1S/C39H34N3S.C18H24NSi.Ir/c1-25(2)31-22-29(28-12-6-5-7-13-28)23-32(26(3)4)38(31)42-36-16-9-8-15-35(36)41-39(42)34-24-43-37-18-17-27(21-33(34)37)20-30-14-10-11-19-40-30;1-14(2)11-16-12-17(15-9-7-6-8-10-15)19-13-18(16)20(3,4)5;/h5-19,21-23,25-26H,20H2,1-4H3;6-9,12-14H,11H2,1-5H3;/q2*-1;. The Bertz CT molecular complexity index is 2940. The average molecular weight is 1050 g/mol. The van der Waals surface area contributed by atoms with E-state index in [9.17, 15) is 0 Å². The molecule has 0 fully saturated rings. The summed E-state index contributed by atoms with van der Waals surface area (Å²) in [5.41, 5.74) is 15.5. The number of imidazole rings is 1. The summed E-state index contributed by atoms with van der Waals surface area (Å²) in [4.78, 5) is 14.6. The van der Waals surface area contributed by atoms with Crippen molar-refractivity contribution in [1.29, 1.82) is 0 Å². The summed E-state index contributed by atoms with van der Waals surface area (Å²) >= 11 is 1.66. The number of thiophene rings is 1. The Morgan fingerprint density at radius 1 is 0.703 bits per heavy atom. The summed E-state index contributed by atoms with van der Waals surface area (Å²) in [7, 11) is -1.34. The number of nitrogens with zero attached hydrogens (tertiary/aromatic N) is 4. The number of rotatable bonds is 11. The number of para-hydroxylation sites is 2. The van der Waals surface area contributed by atoms with E-state index in [2.05, 4.69) is 203 Å². The van der Waals surface area contributed by atoms with Gasteiger partial charge in [-0.25, -0.2) is 0 Å². The number of benzene rings is 5. The van der Waals surface area contributed by atoms with Crippen LogP contribution in [0, 0.1) is 17.4 Å². The molecule has 0 saturated carbocycles. The maximum atomic E-state index is 5.30. The zero-order valence-electron chi connectivity index (χ0n) is 38.5. The molecule has 0 saturated heterocycles. The molecular weight excluding hydrogens is 993 g/mol. The molecule has 4 heterocycles. The maximum Gasteiger partial charge on any atom is 0.0798 e. The van der Waals surface area contributed by atoms with Crippen LogP contribution in [0.4, 0.5) is 0 Å². The topological polar surface area (TPSA) is 43.6 Å². The van der Waals surface area contributed by atoms with Gasteiger partial charge in [-0.2, -0.15) is 0 Å². The zero-order valence-corrected chi connectivity index (χ0v) is 42.7. The SMILES string of the molecule is CC(C)Cc1cc(-c2[c-]cccc2)ncc1[Si](C)(C)C.CC(C)c1cc(-c2ccccc2)cc(C(C)C)c1-n1c(-c2[c-]sc3ccc(Cc4ccccn4)cc23)nc2ccccc21.[Ir]. The Hall–Kier alpha value is -5.30. The fourth-order valence-corrected chi connectivity index (χ4v) is 10.9. The van der Waals surface area contributed by atoms with Crippen LogP contribution in [0.1, 0.15) is 81.3 Å². The van der Waals surface area contributed by atoms with Gasteiger partial charge in [0.15, 0.2) is 0 Å². The Morgan fingerprint density at radius 3 is 2.06 bits per heavy atom. The zero-order chi connectivity index (χ0) is 44.3. The van der Waals surface area contributed by atoms with Gasteiger partial charge in [-0.15, -0.1) is 47.3 Å². The normalized spacial score (nSPS) is 11.6. The monoisotopic (exact) mass is 1050 g/mol. The van der Waals surface area contributed by atoms with Crippen molar-refractivity contribution in [2.24, 2.45) is 5.92 Å². The van der Waals surface area contributed by atoms with Gasteiger partial charge in [-0.1, -0.05) is 155 Å². The van der Waals surface area contributed by atoms with Crippen molar-refractivity contribution in [2.45, 2.75) is 85.9 Å². The molecule has 5 aromatic carbocycles. The molecule has 7 heteroatoms. The van der Waals surface area contributed by atoms with Crippen molar-refractivity contribution in [3.05, 3.63) is 185 Å². The van der Waals surface area contributed by atoms with Gasteiger partial charge in [0.2, 0.25) is 0 Å². The molecule has 9 aromatic rings. The van der Waals surface area contributed by atoms with E-state index in [1.807, 2.05) is 30.5 Å². The third kappa shape index (κ3) is 10.3. The van der Waals surface area contributed by atoms with Gasteiger partial charge in [0.05, 0.1) is 24.9 Å². The van der Waals surface area contributed by atoms with E-state index < -0.39 is 8.07 Å². The molecule has 0 unspecified atom stereocenters. The Morgan fingerprint density at radius 2 is 1.41 bits per heavy atom. The van der Waals surface area contributed by atoms with Crippen LogP contribution in [0.2, 0.25) is 19.6 Å². The van der Waals surface area contributed by atoms with Crippen LogP contribution in [0.5, 0.6) is 0 Å². The summed E-state index contributed by atoms with van der Waals surface area (Å²) in [6.07, 6.45) is 5.89. The summed E-state index contributed by atoms with van der Waals surface area (Å²) < 4.78 is 3.63. The van der Waals surface area contributed by atoms with Crippen LogP contribution in [0.25, 0.3) is 60.6 Å². The molecule has 0 atom stereocenters. The molecule has 327 valence electrons. The predicted octanol–water partition coefficient (Wildman–Crippen LogP) is 14.9. The second kappa shape index (κ2) is 20.3. The average Bonchev–Trinajstić information content (AvgIpc) is 3.87. The van der Waals surface area contributed by atoms with Crippen molar-refractivity contribution in [1.82, 2.24) is 19.5 Å². The van der Waals surface area contributed by atoms with Crippen LogP contribution in [0.15, 0.2) is 146 Å². The number of aromatic nitrogens is 4. The molecule has 0 aliphatic heterocycles. The van der Waals surface area contributed by atoms with Gasteiger partial charge in [0.1, 0.15) is 0 Å². The van der Waals surface area contributed by atoms with Gasteiger partial charge in [0, 0.05) is 50.3 Å². The van der Waals surface area contributed by atoms with Crippen molar-refractivity contribution < 1.29 is 20.1 Å². The van der Waals surface area contributed by atoms with Crippen molar-refractivity contribution in [3.63, 3.8) is 0 Å². The summed E-state index contributed by atoms with van der Waals surface area (Å²) in [6.45, 7) is 20.9. The minimum absolute atomic E-state index is 0. The first-order valence-electron chi connectivity index (χ1n) is 22.4. The number of pyridine rings is 2. The Balaban J connectivity index is 0.000000246. The first-order chi connectivity index (χ1) is 30.4. The molecule has 0 aliphatic carbocycles. The van der Waals surface area contributed by atoms with E-state index in [0.29, 0.717) is 17.8 Å². The molecule has 0 aliphatic rings. The van der Waals surface area contributed by atoms with Crippen LogP contribution in [-0.4, -0.2) is 27.6 Å². The summed E-state index contributed by atoms with van der Waals surface area (Å²) in [5, 5.41) is 6.35. The molecule has 0 spiro atoms. The van der Waals surface area contributed by atoms with Crippen molar-refractivity contribution in [3.8, 4) is 39.5 Å². The Labute approximate surface area is 399 Å². The summed E-state index contributed by atoms with van der Waals surface area (Å²) in [5.74, 6) is 2.25. The molecular formula is C57H58IrN4SSi-2. The van der Waals surface area contributed by atoms with Crippen LogP contribution >= 0.6 is 11.3 Å². The van der Waals surface area contributed by atoms with Gasteiger partial charge >= 0.3 is 0 Å². The van der Waals surface area contributed by atoms with Crippen LogP contribution in [0.3, 0.4) is 0 Å². The molecule has 0 bridgehead atoms. The third-order valence-corrected chi connectivity index (χ3v) is 14.6. The molecule has 1 radical (unpaired) electrons. The maximum absolute atomic E-state index is 5.30.